The highest BCUT2D eigenvalue weighted by molar-refractivity contribution is 8.00. The maximum absolute atomic E-state index is 12.8. The zero-order chi connectivity index (χ0) is 14.0. The summed E-state index contributed by atoms with van der Waals surface area (Å²) in [5.41, 5.74) is 0.812. The molecule has 0 aliphatic carbocycles. The van der Waals surface area contributed by atoms with E-state index in [1.54, 1.807) is 4.31 Å². The van der Waals surface area contributed by atoms with Crippen molar-refractivity contribution in [2.24, 2.45) is 0 Å². The van der Waals surface area contributed by atoms with Crippen LogP contribution in [-0.2, 0) is 15.9 Å². The summed E-state index contributed by atoms with van der Waals surface area (Å²) >= 11 is 9.17. The van der Waals surface area contributed by atoms with Crippen LogP contribution in [0.1, 0.15) is 23.8 Å². The van der Waals surface area contributed by atoms with Crippen molar-refractivity contribution in [2.75, 3.05) is 18.8 Å². The number of hydrogen-bond donors (Lipinski definition) is 0. The Labute approximate surface area is 128 Å². The second kappa shape index (κ2) is 6.35. The van der Waals surface area contributed by atoms with E-state index in [1.807, 2.05) is 24.1 Å². The molecule has 1 aromatic heterocycles. The lowest BCUT2D eigenvalue weighted by molar-refractivity contribution is 0.415. The number of rotatable bonds is 4. The highest BCUT2D eigenvalue weighted by Gasteiger charge is 2.33. The third-order valence-corrected chi connectivity index (χ3v) is 8.39. The van der Waals surface area contributed by atoms with Crippen LogP contribution in [0.25, 0.3) is 0 Å². The molecule has 0 spiro atoms. The van der Waals surface area contributed by atoms with Crippen molar-refractivity contribution in [1.82, 2.24) is 4.31 Å². The van der Waals surface area contributed by atoms with E-state index in [0.29, 0.717) is 23.2 Å². The lowest BCUT2D eigenvalue weighted by Gasteiger charge is -2.31. The lowest BCUT2D eigenvalue weighted by Crippen LogP contribution is -2.42. The molecule has 0 N–H and O–H groups in total. The minimum Gasteiger partial charge on any atom is -0.207 e. The fourth-order valence-corrected chi connectivity index (χ4v) is 7.10. The molecular formula is C12H18ClNO2S3. The molecule has 7 heteroatoms. The van der Waals surface area contributed by atoms with Gasteiger partial charge in [0.1, 0.15) is 4.90 Å². The molecule has 19 heavy (non-hydrogen) atoms. The maximum Gasteiger partial charge on any atom is 0.244 e. The Hall–Kier alpha value is 0.250. The van der Waals surface area contributed by atoms with E-state index in [1.165, 1.54) is 11.3 Å². The number of sulfonamides is 1. The molecule has 1 unspecified atom stereocenters. The van der Waals surface area contributed by atoms with E-state index in [9.17, 15) is 8.42 Å². The van der Waals surface area contributed by atoms with Crippen molar-refractivity contribution in [2.45, 2.75) is 36.3 Å². The van der Waals surface area contributed by atoms with E-state index in [4.69, 9.17) is 11.6 Å². The first kappa shape index (κ1) is 15.6. The van der Waals surface area contributed by atoms with Crippen LogP contribution in [-0.4, -0.2) is 36.8 Å². The topological polar surface area (TPSA) is 37.4 Å². The molecule has 1 aromatic rings. The summed E-state index contributed by atoms with van der Waals surface area (Å²) in [6, 6.07) is 0. The van der Waals surface area contributed by atoms with Crippen molar-refractivity contribution in [3.8, 4) is 0 Å². The SMILES string of the molecule is CCC1CN(S(=O)(=O)c2c(C)csc2CCl)CCS1. The quantitative estimate of drug-likeness (QED) is 0.790. The number of aryl methyl sites for hydroxylation is 1. The highest BCUT2D eigenvalue weighted by atomic mass is 35.5. The monoisotopic (exact) mass is 339 g/mol. The van der Waals surface area contributed by atoms with Gasteiger partial charge in [0.2, 0.25) is 10.0 Å². The molecule has 0 bridgehead atoms. The standard InChI is InChI=1S/C12H18ClNO2S3/c1-3-10-7-14(4-5-17-10)19(15,16)12-9(2)8-18-11(12)6-13/h8,10H,3-7H2,1-2H3. The number of thiophene rings is 1. The summed E-state index contributed by atoms with van der Waals surface area (Å²) in [5.74, 6) is 1.13. The number of halogens is 1. The van der Waals surface area contributed by atoms with Gasteiger partial charge >= 0.3 is 0 Å². The molecule has 108 valence electrons. The average Bonchev–Trinajstić information content (AvgIpc) is 2.80. The minimum absolute atomic E-state index is 0.257. The molecule has 1 aliphatic heterocycles. The molecule has 2 heterocycles. The molecule has 2 rings (SSSR count). The second-order valence-corrected chi connectivity index (χ2v) is 9.08. The third-order valence-electron chi connectivity index (χ3n) is 3.27. The van der Waals surface area contributed by atoms with Crippen LogP contribution in [0.5, 0.6) is 0 Å². The van der Waals surface area contributed by atoms with Gasteiger partial charge in [-0.25, -0.2) is 8.42 Å². The predicted molar refractivity (Wildman–Crippen MR) is 83.9 cm³/mol. The van der Waals surface area contributed by atoms with Crippen LogP contribution in [0.2, 0.25) is 0 Å². The Morgan fingerprint density at radius 1 is 1.53 bits per heavy atom. The van der Waals surface area contributed by atoms with Gasteiger partial charge in [-0.1, -0.05) is 6.92 Å². The fourth-order valence-electron chi connectivity index (χ4n) is 2.21. The summed E-state index contributed by atoms with van der Waals surface area (Å²) < 4.78 is 27.2. The van der Waals surface area contributed by atoms with Crippen LogP contribution in [0.4, 0.5) is 0 Å². The molecule has 1 aliphatic rings. The van der Waals surface area contributed by atoms with Crippen LogP contribution in [0.3, 0.4) is 0 Å². The summed E-state index contributed by atoms with van der Waals surface area (Å²) in [5, 5.41) is 2.28. The normalized spacial score (nSPS) is 21.7. The molecule has 0 saturated carbocycles. The van der Waals surface area contributed by atoms with Gasteiger partial charge in [0, 0.05) is 29.0 Å². The molecule has 1 atom stereocenters. The Morgan fingerprint density at radius 2 is 2.26 bits per heavy atom. The zero-order valence-electron chi connectivity index (χ0n) is 11.1. The van der Waals surface area contributed by atoms with Crippen molar-refractivity contribution in [3.63, 3.8) is 0 Å². The van der Waals surface area contributed by atoms with Crippen LogP contribution >= 0.6 is 34.7 Å². The van der Waals surface area contributed by atoms with Crippen molar-refractivity contribution >= 4 is 44.7 Å². The Morgan fingerprint density at radius 3 is 2.89 bits per heavy atom. The van der Waals surface area contributed by atoms with E-state index in [2.05, 4.69) is 6.92 Å². The molecule has 0 aromatic carbocycles. The molecule has 0 radical (unpaired) electrons. The van der Waals surface area contributed by atoms with E-state index < -0.39 is 10.0 Å². The fraction of sp³-hybridized carbons (Fsp3) is 0.667. The second-order valence-electron chi connectivity index (χ2n) is 4.57. The molecular weight excluding hydrogens is 322 g/mol. The van der Waals surface area contributed by atoms with Gasteiger partial charge in [0.15, 0.2) is 0 Å². The highest BCUT2D eigenvalue weighted by Crippen LogP contribution is 2.33. The smallest absolute Gasteiger partial charge is 0.207 e. The Bertz CT molecular complexity index is 541. The van der Waals surface area contributed by atoms with Crippen LogP contribution in [0, 0.1) is 6.92 Å². The summed E-state index contributed by atoms with van der Waals surface area (Å²) in [7, 11) is -3.39. The first-order chi connectivity index (χ1) is 9.00. The van der Waals surface area contributed by atoms with E-state index in [-0.39, 0.29) is 5.88 Å². The number of alkyl halides is 1. The van der Waals surface area contributed by atoms with Gasteiger partial charge in [-0.3, -0.25) is 0 Å². The first-order valence-corrected chi connectivity index (χ1v) is 10.2. The summed E-state index contributed by atoms with van der Waals surface area (Å²) in [6.45, 7) is 5.16. The van der Waals surface area contributed by atoms with Crippen molar-refractivity contribution in [1.29, 1.82) is 0 Å². The number of thioether (sulfide) groups is 1. The number of hydrogen-bond acceptors (Lipinski definition) is 4. The Kier molecular flexibility index (Phi) is 5.22. The largest absolute Gasteiger partial charge is 0.244 e. The van der Waals surface area contributed by atoms with Crippen LogP contribution in [0.15, 0.2) is 10.3 Å². The van der Waals surface area contributed by atoms with Gasteiger partial charge in [-0.2, -0.15) is 16.1 Å². The predicted octanol–water partition coefficient (Wildman–Crippen LogP) is 3.31. The number of nitrogens with zero attached hydrogens (tertiary/aromatic N) is 1. The summed E-state index contributed by atoms with van der Waals surface area (Å²) in [6.07, 6.45) is 1.00. The third kappa shape index (κ3) is 3.13. The average molecular weight is 340 g/mol. The van der Waals surface area contributed by atoms with Gasteiger partial charge in [-0.05, 0) is 24.3 Å². The van der Waals surface area contributed by atoms with Gasteiger partial charge in [-0.15, -0.1) is 22.9 Å². The first-order valence-electron chi connectivity index (χ1n) is 6.25. The van der Waals surface area contributed by atoms with Gasteiger partial charge < -0.3 is 0 Å². The van der Waals surface area contributed by atoms with Gasteiger partial charge in [0.25, 0.3) is 0 Å². The molecule has 0 amide bonds. The Balaban J connectivity index is 2.34. The molecule has 1 fully saturated rings. The minimum atomic E-state index is -3.39. The van der Waals surface area contributed by atoms with E-state index >= 15 is 0 Å². The maximum atomic E-state index is 12.8. The molecule has 3 nitrogen and oxygen atoms in total. The zero-order valence-corrected chi connectivity index (χ0v) is 14.3. The molecule has 1 saturated heterocycles. The van der Waals surface area contributed by atoms with Gasteiger partial charge in [0.05, 0.1) is 5.88 Å². The lowest BCUT2D eigenvalue weighted by atomic mass is 10.3. The van der Waals surface area contributed by atoms with Crippen molar-refractivity contribution in [3.05, 3.63) is 15.8 Å². The summed E-state index contributed by atoms with van der Waals surface area (Å²) in [4.78, 5) is 1.19. The van der Waals surface area contributed by atoms with Crippen LogP contribution < -0.4 is 0 Å². The van der Waals surface area contributed by atoms with E-state index in [0.717, 1.165) is 22.6 Å². The van der Waals surface area contributed by atoms with Crippen molar-refractivity contribution < 1.29 is 8.42 Å².